The average Bonchev–Trinajstić information content (AvgIpc) is 3.04. The van der Waals surface area contributed by atoms with Crippen molar-refractivity contribution in [2.45, 2.75) is 26.4 Å². The minimum atomic E-state index is -3.92. The van der Waals surface area contributed by atoms with Crippen LogP contribution in [0.2, 0.25) is 0 Å². The molecule has 0 N–H and O–H groups in total. The van der Waals surface area contributed by atoms with Crippen molar-refractivity contribution in [1.29, 1.82) is 0 Å². The molecule has 0 saturated carbocycles. The molecule has 0 fully saturated rings. The van der Waals surface area contributed by atoms with E-state index in [0.29, 0.717) is 10.7 Å². The first-order valence-electron chi connectivity index (χ1n) is 10.9. The van der Waals surface area contributed by atoms with Gasteiger partial charge in [0, 0.05) is 47.2 Å². The molecule has 9 nitrogen and oxygen atoms in total. The Morgan fingerprint density at radius 3 is 2.14 bits per heavy atom. The van der Waals surface area contributed by atoms with Crippen molar-refractivity contribution in [2.75, 3.05) is 27.4 Å². The molecule has 3 heterocycles. The predicted octanol–water partition coefficient (Wildman–Crippen LogP) is 4.39. The Bertz CT molecular complexity index is 1470. The Balaban J connectivity index is 0.000000623. The van der Waals surface area contributed by atoms with Crippen LogP contribution in [-0.2, 0) is 14.9 Å². The Kier molecular flexibility index (Phi) is 7.03. The number of rotatable bonds is 2. The second-order valence-corrected chi connectivity index (χ2v) is 11.5. The fourth-order valence-corrected chi connectivity index (χ4v) is 3.50. The number of ether oxygens (including phenoxy) is 1. The van der Waals surface area contributed by atoms with E-state index in [4.69, 9.17) is 17.7 Å². The lowest BCUT2D eigenvalue weighted by Crippen LogP contribution is -2.35. The molecular formula is C25H30N4O5S. The van der Waals surface area contributed by atoms with Crippen LogP contribution in [0.4, 0.5) is 10.6 Å². The van der Waals surface area contributed by atoms with E-state index in [0.717, 1.165) is 38.8 Å². The highest BCUT2D eigenvalue weighted by molar-refractivity contribution is 7.84. The first kappa shape index (κ1) is 26.3. The molecule has 0 aliphatic rings. The van der Waals surface area contributed by atoms with E-state index in [9.17, 15) is 4.79 Å². The van der Waals surface area contributed by atoms with Crippen LogP contribution in [0, 0.1) is 0 Å². The monoisotopic (exact) mass is 498 g/mol. The lowest BCUT2D eigenvalue weighted by Gasteiger charge is -2.21. The average molecular weight is 499 g/mol. The third-order valence-corrected chi connectivity index (χ3v) is 4.91. The molecule has 0 saturated heterocycles. The van der Waals surface area contributed by atoms with Gasteiger partial charge in [-0.3, -0.25) is 9.47 Å². The summed E-state index contributed by atoms with van der Waals surface area (Å²) in [6, 6.07) is 12.0. The third kappa shape index (κ3) is 6.62. The van der Waals surface area contributed by atoms with E-state index < -0.39 is 21.8 Å². The zero-order valence-corrected chi connectivity index (χ0v) is 21.8. The lowest BCUT2D eigenvalue weighted by molar-refractivity contribution is 0.0551. The van der Waals surface area contributed by atoms with Gasteiger partial charge in [-0.2, -0.15) is 0 Å². The molecule has 3 aromatic heterocycles. The van der Waals surface area contributed by atoms with Gasteiger partial charge in [-0.25, -0.2) is 22.8 Å². The lowest BCUT2D eigenvalue weighted by atomic mass is 10.1. The van der Waals surface area contributed by atoms with Gasteiger partial charge >= 0.3 is 6.09 Å². The van der Waals surface area contributed by atoms with E-state index in [-0.39, 0.29) is 0 Å². The third-order valence-electron chi connectivity index (χ3n) is 4.91. The number of pyridine rings is 2. The van der Waals surface area contributed by atoms with Crippen molar-refractivity contribution in [3.63, 3.8) is 0 Å². The normalized spacial score (nSPS) is 12.3. The minimum Gasteiger partial charge on any atom is -0.748 e. The van der Waals surface area contributed by atoms with Crippen molar-refractivity contribution >= 4 is 43.8 Å². The molecule has 0 bridgehead atoms. The van der Waals surface area contributed by atoms with Crippen LogP contribution in [0.25, 0.3) is 32.9 Å². The summed E-state index contributed by atoms with van der Waals surface area (Å²) in [5.41, 5.74) is 2.97. The number of nitrogens with zero attached hydrogens (tertiary/aromatic N) is 4. The molecule has 0 aliphatic carbocycles. The number of hydrogen-bond donors (Lipinski definition) is 0. The number of quaternary nitrogens is 1. The molecule has 0 aliphatic heterocycles. The molecule has 10 heteroatoms. The number of aromatic nitrogens is 3. The number of carbonyl (C=O) groups is 1. The number of benzene rings is 1. The van der Waals surface area contributed by atoms with Gasteiger partial charge in [0.1, 0.15) is 5.60 Å². The molecule has 4 rings (SSSR count). The zero-order chi connectivity index (χ0) is 26.2. The first-order valence-corrected chi connectivity index (χ1v) is 12.7. The van der Waals surface area contributed by atoms with Crippen LogP contribution >= 0.6 is 0 Å². The molecule has 0 unspecified atom stereocenters. The van der Waals surface area contributed by atoms with Gasteiger partial charge in [-0.15, -0.1) is 0 Å². The van der Waals surface area contributed by atoms with E-state index in [1.165, 1.54) is 0 Å². The summed E-state index contributed by atoms with van der Waals surface area (Å²) in [5, 5.41) is 1.88. The van der Waals surface area contributed by atoms with Gasteiger partial charge in [0.25, 0.3) is 0 Å². The summed E-state index contributed by atoms with van der Waals surface area (Å²) in [5.74, 6) is 0.980. The van der Waals surface area contributed by atoms with Crippen molar-refractivity contribution in [1.82, 2.24) is 19.0 Å². The number of fused-ring (bicyclic) bond motifs is 3. The number of carbonyl (C=O) groups excluding carboxylic acids is 1. The van der Waals surface area contributed by atoms with Gasteiger partial charge in [0.05, 0.1) is 42.3 Å². The molecule has 0 radical (unpaired) electrons. The van der Waals surface area contributed by atoms with Gasteiger partial charge in [0.2, 0.25) is 5.82 Å². The van der Waals surface area contributed by atoms with Crippen LogP contribution in [0.5, 0.6) is 0 Å². The second-order valence-electron chi connectivity index (χ2n) is 10.1. The SMILES string of the molecule is CC(C)(C)OC(=O)n1c2ccncc2c2ccc(-c3ccc([N+](C)(C)C)nc3)cc21.CS(=O)(=O)[O-]. The van der Waals surface area contributed by atoms with Crippen LogP contribution in [-0.4, -0.2) is 66.6 Å². The maximum atomic E-state index is 13.1. The summed E-state index contributed by atoms with van der Waals surface area (Å²) >= 11 is 0. The van der Waals surface area contributed by atoms with Crippen molar-refractivity contribution in [2.24, 2.45) is 0 Å². The Hall–Kier alpha value is -3.34. The van der Waals surface area contributed by atoms with Crippen molar-refractivity contribution in [3.05, 3.63) is 55.0 Å². The molecule has 35 heavy (non-hydrogen) atoms. The predicted molar refractivity (Wildman–Crippen MR) is 137 cm³/mol. The highest BCUT2D eigenvalue weighted by Gasteiger charge is 2.23. The Morgan fingerprint density at radius 1 is 0.971 bits per heavy atom. The summed E-state index contributed by atoms with van der Waals surface area (Å²) < 4.78 is 35.2. The van der Waals surface area contributed by atoms with Crippen LogP contribution in [0.15, 0.2) is 55.0 Å². The van der Waals surface area contributed by atoms with Crippen molar-refractivity contribution < 1.29 is 22.5 Å². The number of hydrogen-bond acceptors (Lipinski definition) is 7. The summed E-state index contributed by atoms with van der Waals surface area (Å²) in [6.45, 7) is 5.60. The Labute approximate surface area is 205 Å². The maximum absolute atomic E-state index is 13.1. The van der Waals surface area contributed by atoms with Crippen LogP contribution < -0.4 is 4.48 Å². The van der Waals surface area contributed by atoms with Crippen LogP contribution in [0.1, 0.15) is 20.8 Å². The Morgan fingerprint density at radius 2 is 1.60 bits per heavy atom. The maximum Gasteiger partial charge on any atom is 0.419 e. The molecule has 4 aromatic rings. The smallest absolute Gasteiger partial charge is 0.419 e. The van der Waals surface area contributed by atoms with Gasteiger partial charge in [-0.1, -0.05) is 12.1 Å². The summed E-state index contributed by atoms with van der Waals surface area (Å²) in [4.78, 5) is 21.9. The fourth-order valence-electron chi connectivity index (χ4n) is 3.50. The fraction of sp³-hybridized carbons (Fsp3) is 0.320. The van der Waals surface area contributed by atoms with E-state index >= 15 is 0 Å². The van der Waals surface area contributed by atoms with E-state index in [1.54, 1.807) is 17.0 Å². The summed E-state index contributed by atoms with van der Waals surface area (Å²) in [7, 11) is 2.34. The largest absolute Gasteiger partial charge is 0.748 e. The molecule has 0 amide bonds. The quantitative estimate of drug-likeness (QED) is 0.297. The van der Waals surface area contributed by atoms with Gasteiger partial charge in [-0.05, 0) is 44.5 Å². The highest BCUT2D eigenvalue weighted by Crippen LogP contribution is 2.33. The van der Waals surface area contributed by atoms with Crippen LogP contribution in [0.3, 0.4) is 0 Å². The minimum absolute atomic E-state index is 0.399. The molecule has 186 valence electrons. The summed E-state index contributed by atoms with van der Waals surface area (Å²) in [6.07, 6.45) is 5.56. The van der Waals surface area contributed by atoms with Crippen molar-refractivity contribution in [3.8, 4) is 11.1 Å². The first-order chi connectivity index (χ1) is 16.0. The molecule has 1 aromatic carbocycles. The van der Waals surface area contributed by atoms with Gasteiger partial charge in [0.15, 0.2) is 0 Å². The second kappa shape index (κ2) is 9.37. The topological polar surface area (TPSA) is 114 Å². The molecule has 0 spiro atoms. The van der Waals surface area contributed by atoms with E-state index in [1.807, 2.05) is 51.2 Å². The van der Waals surface area contributed by atoms with Gasteiger partial charge < -0.3 is 9.29 Å². The molecular weight excluding hydrogens is 468 g/mol. The molecule has 0 atom stereocenters. The highest BCUT2D eigenvalue weighted by atomic mass is 32.2. The standard InChI is InChI=1S/C24H27N4O2.CH4O3S/c1-24(2,3)30-23(29)27-20-11-12-25-15-19(20)18-9-7-16(13-21(18)27)17-8-10-22(26-14-17)28(4,5)6;1-5(2,3)4/h7-15H,1-6H3;1H3,(H,2,3,4)/q+1;/p-1. The zero-order valence-electron chi connectivity index (χ0n) is 20.9. The van der Waals surface area contributed by atoms with E-state index in [2.05, 4.69) is 43.2 Å².